The van der Waals surface area contributed by atoms with Gasteiger partial charge in [-0.05, 0) is 68.6 Å². The Morgan fingerprint density at radius 3 is 2.60 bits per heavy atom. The first-order chi connectivity index (χ1) is 12.2. The molecule has 3 heteroatoms. The second-order valence-electron chi connectivity index (χ2n) is 7.10. The first-order valence-corrected chi connectivity index (χ1v) is 9.32. The molecule has 0 radical (unpaired) electrons. The lowest BCUT2D eigenvalue weighted by Gasteiger charge is -2.28. The maximum atomic E-state index is 5.43. The number of hydrogen-bond acceptors (Lipinski definition) is 3. The highest BCUT2D eigenvalue weighted by Gasteiger charge is 2.23. The Hall–Kier alpha value is -1.84. The highest BCUT2D eigenvalue weighted by Crippen LogP contribution is 2.27. The van der Waals surface area contributed by atoms with Gasteiger partial charge in [-0.25, -0.2) is 0 Å². The fourth-order valence-corrected chi connectivity index (χ4v) is 3.75. The summed E-state index contributed by atoms with van der Waals surface area (Å²) in [6, 6.07) is 15.6. The van der Waals surface area contributed by atoms with Crippen LogP contribution in [0.1, 0.15) is 41.1 Å². The summed E-state index contributed by atoms with van der Waals surface area (Å²) >= 11 is 0. The van der Waals surface area contributed by atoms with Crippen LogP contribution in [0, 0.1) is 13.8 Å². The van der Waals surface area contributed by atoms with Gasteiger partial charge in [0.15, 0.2) is 0 Å². The Bertz CT molecular complexity index is 692. The van der Waals surface area contributed by atoms with Crippen LogP contribution >= 0.6 is 0 Å². The van der Waals surface area contributed by atoms with E-state index < -0.39 is 0 Å². The normalized spacial score (nSPS) is 16.1. The molecule has 2 aromatic rings. The fraction of sp³-hybridized carbons (Fsp3) is 0.455. The number of likely N-dealkylation sites (tertiary alicyclic amines) is 1. The lowest BCUT2D eigenvalue weighted by atomic mass is 10.0. The van der Waals surface area contributed by atoms with Gasteiger partial charge < -0.3 is 10.1 Å². The molecule has 25 heavy (non-hydrogen) atoms. The van der Waals surface area contributed by atoms with Crippen molar-refractivity contribution >= 4 is 0 Å². The number of nitrogens with zero attached hydrogens (tertiary/aromatic N) is 1. The van der Waals surface area contributed by atoms with E-state index in [4.69, 9.17) is 4.74 Å². The van der Waals surface area contributed by atoms with Crippen molar-refractivity contribution in [1.82, 2.24) is 10.2 Å². The van der Waals surface area contributed by atoms with Gasteiger partial charge in [0.25, 0.3) is 0 Å². The SMILES string of the molecule is COc1cccc([C@@H](CNCc2ccc(C)cc2C)N2CCCC2)c1. The summed E-state index contributed by atoms with van der Waals surface area (Å²) in [6.07, 6.45) is 2.61. The number of nitrogens with one attached hydrogen (secondary N) is 1. The molecule has 0 amide bonds. The average Bonchev–Trinajstić information content (AvgIpc) is 3.14. The topological polar surface area (TPSA) is 24.5 Å². The molecule has 1 N–H and O–H groups in total. The molecule has 2 aromatic carbocycles. The van der Waals surface area contributed by atoms with E-state index in [2.05, 4.69) is 60.5 Å². The molecule has 1 aliphatic rings. The summed E-state index contributed by atoms with van der Waals surface area (Å²) in [6.45, 7) is 8.60. The van der Waals surface area contributed by atoms with E-state index in [-0.39, 0.29) is 0 Å². The van der Waals surface area contributed by atoms with Gasteiger partial charge in [-0.3, -0.25) is 4.90 Å². The highest BCUT2D eigenvalue weighted by atomic mass is 16.5. The van der Waals surface area contributed by atoms with E-state index >= 15 is 0 Å². The van der Waals surface area contributed by atoms with Crippen LogP contribution in [0.25, 0.3) is 0 Å². The third-order valence-electron chi connectivity index (χ3n) is 5.21. The van der Waals surface area contributed by atoms with Crippen molar-refractivity contribution in [3.8, 4) is 5.75 Å². The maximum Gasteiger partial charge on any atom is 0.119 e. The van der Waals surface area contributed by atoms with Crippen molar-refractivity contribution in [1.29, 1.82) is 0 Å². The second kappa shape index (κ2) is 8.50. The van der Waals surface area contributed by atoms with Gasteiger partial charge in [-0.15, -0.1) is 0 Å². The van der Waals surface area contributed by atoms with Crippen LogP contribution in [0.5, 0.6) is 5.75 Å². The van der Waals surface area contributed by atoms with Gasteiger partial charge >= 0.3 is 0 Å². The Kier molecular flexibility index (Phi) is 6.11. The Balaban J connectivity index is 1.69. The number of benzene rings is 2. The second-order valence-corrected chi connectivity index (χ2v) is 7.10. The minimum atomic E-state index is 0.406. The van der Waals surface area contributed by atoms with Crippen molar-refractivity contribution < 1.29 is 4.74 Å². The molecule has 3 nitrogen and oxygen atoms in total. The number of methoxy groups -OCH3 is 1. The zero-order valence-electron chi connectivity index (χ0n) is 15.7. The fourth-order valence-electron chi connectivity index (χ4n) is 3.75. The third kappa shape index (κ3) is 4.62. The largest absolute Gasteiger partial charge is 0.497 e. The Morgan fingerprint density at radius 2 is 1.88 bits per heavy atom. The first kappa shape index (κ1) is 18.0. The number of rotatable bonds is 7. The molecule has 1 fully saturated rings. The molecule has 0 spiro atoms. The predicted molar refractivity (Wildman–Crippen MR) is 104 cm³/mol. The van der Waals surface area contributed by atoms with Crippen LogP contribution in [0.2, 0.25) is 0 Å². The molecular weight excluding hydrogens is 308 g/mol. The summed E-state index contributed by atoms with van der Waals surface area (Å²) in [5.41, 5.74) is 5.42. The quantitative estimate of drug-likeness (QED) is 0.817. The molecule has 0 unspecified atom stereocenters. The standard InChI is InChI=1S/C22H30N2O/c1-17-9-10-20(18(2)13-17)15-23-16-22(24-11-4-5-12-24)19-7-6-8-21(14-19)25-3/h6-10,13-14,22-23H,4-5,11-12,15-16H2,1-3H3/t22-/m1/s1. The van der Waals surface area contributed by atoms with Crippen molar-refractivity contribution in [3.63, 3.8) is 0 Å². The molecule has 1 atom stereocenters. The monoisotopic (exact) mass is 338 g/mol. The van der Waals surface area contributed by atoms with Gasteiger partial charge in [0.1, 0.15) is 5.75 Å². The number of ether oxygens (including phenoxy) is 1. The molecule has 134 valence electrons. The molecule has 1 saturated heterocycles. The zero-order valence-corrected chi connectivity index (χ0v) is 15.7. The summed E-state index contributed by atoms with van der Waals surface area (Å²) in [4.78, 5) is 2.60. The van der Waals surface area contributed by atoms with Crippen LogP contribution in [0.4, 0.5) is 0 Å². The minimum absolute atomic E-state index is 0.406. The number of hydrogen-bond donors (Lipinski definition) is 1. The summed E-state index contributed by atoms with van der Waals surface area (Å²) in [5.74, 6) is 0.941. The van der Waals surface area contributed by atoms with Crippen molar-refractivity contribution in [2.45, 2.75) is 39.3 Å². The zero-order chi connectivity index (χ0) is 17.6. The van der Waals surface area contributed by atoms with Crippen molar-refractivity contribution in [3.05, 3.63) is 64.7 Å². The van der Waals surface area contributed by atoms with Crippen LogP contribution < -0.4 is 10.1 Å². The van der Waals surface area contributed by atoms with Crippen molar-refractivity contribution in [2.24, 2.45) is 0 Å². The predicted octanol–water partition coefficient (Wildman–Crippen LogP) is 4.24. The molecule has 0 saturated carbocycles. The van der Waals surface area contributed by atoms with E-state index in [1.165, 1.54) is 48.2 Å². The molecule has 0 aliphatic carbocycles. The van der Waals surface area contributed by atoms with Crippen LogP contribution in [-0.4, -0.2) is 31.6 Å². The summed E-state index contributed by atoms with van der Waals surface area (Å²) in [7, 11) is 1.74. The van der Waals surface area contributed by atoms with Gasteiger partial charge in [0, 0.05) is 19.1 Å². The molecular formula is C22H30N2O. The van der Waals surface area contributed by atoms with Crippen LogP contribution in [0.3, 0.4) is 0 Å². The van der Waals surface area contributed by atoms with Gasteiger partial charge in [-0.2, -0.15) is 0 Å². The lowest BCUT2D eigenvalue weighted by Crippen LogP contribution is -2.34. The third-order valence-corrected chi connectivity index (χ3v) is 5.21. The van der Waals surface area contributed by atoms with Gasteiger partial charge in [0.05, 0.1) is 7.11 Å². The van der Waals surface area contributed by atoms with Gasteiger partial charge in [0.2, 0.25) is 0 Å². The maximum absolute atomic E-state index is 5.43. The van der Waals surface area contributed by atoms with Crippen LogP contribution in [0.15, 0.2) is 42.5 Å². The van der Waals surface area contributed by atoms with Crippen molar-refractivity contribution in [2.75, 3.05) is 26.7 Å². The highest BCUT2D eigenvalue weighted by molar-refractivity contribution is 5.32. The van der Waals surface area contributed by atoms with E-state index in [1.807, 2.05) is 6.07 Å². The summed E-state index contributed by atoms with van der Waals surface area (Å²) in [5, 5.41) is 3.69. The van der Waals surface area contributed by atoms with E-state index in [9.17, 15) is 0 Å². The van der Waals surface area contributed by atoms with E-state index in [1.54, 1.807) is 7.11 Å². The smallest absolute Gasteiger partial charge is 0.119 e. The lowest BCUT2D eigenvalue weighted by molar-refractivity contribution is 0.238. The molecule has 0 aromatic heterocycles. The van der Waals surface area contributed by atoms with Crippen LogP contribution in [-0.2, 0) is 6.54 Å². The Morgan fingerprint density at radius 1 is 1.08 bits per heavy atom. The van der Waals surface area contributed by atoms with Gasteiger partial charge in [-0.1, -0.05) is 35.9 Å². The molecule has 1 heterocycles. The molecule has 1 aliphatic heterocycles. The number of aryl methyl sites for hydroxylation is 2. The average molecular weight is 338 g/mol. The minimum Gasteiger partial charge on any atom is -0.497 e. The van der Waals surface area contributed by atoms with E-state index in [0.29, 0.717) is 6.04 Å². The molecule has 3 rings (SSSR count). The first-order valence-electron chi connectivity index (χ1n) is 9.32. The Labute approximate surface area is 152 Å². The molecule has 0 bridgehead atoms. The summed E-state index contributed by atoms with van der Waals surface area (Å²) < 4.78 is 5.43. The van der Waals surface area contributed by atoms with E-state index in [0.717, 1.165) is 18.8 Å².